The van der Waals surface area contributed by atoms with Gasteiger partial charge >= 0.3 is 11.9 Å². The maximum absolute atomic E-state index is 14.4. The number of benzene rings is 1. The number of nitrogens with two attached hydrogens (primary N) is 2. The maximum atomic E-state index is 14.4. The number of aliphatic carboxylic acids is 2. The van der Waals surface area contributed by atoms with Crippen molar-refractivity contribution in [1.82, 2.24) is 36.8 Å². The van der Waals surface area contributed by atoms with E-state index in [1.54, 1.807) is 46.8 Å². The Bertz CT molecular complexity index is 2210. The van der Waals surface area contributed by atoms with Crippen LogP contribution < -0.4 is 43.4 Å². The van der Waals surface area contributed by atoms with E-state index in [4.69, 9.17) is 11.5 Å². The lowest BCUT2D eigenvalue weighted by molar-refractivity contribution is -0.146. The molecule has 0 aliphatic carbocycles. The van der Waals surface area contributed by atoms with Gasteiger partial charge in [-0.05, 0) is 62.8 Å². The lowest BCUT2D eigenvalue weighted by Crippen LogP contribution is -2.59. The van der Waals surface area contributed by atoms with Crippen LogP contribution >= 0.6 is 0 Å². The van der Waals surface area contributed by atoms with E-state index in [2.05, 4.69) is 43.5 Å². The van der Waals surface area contributed by atoms with Gasteiger partial charge in [-0.3, -0.25) is 38.6 Å². The first-order valence-electron chi connectivity index (χ1n) is 24.5. The molecule has 22 heteroatoms. The third-order valence-corrected chi connectivity index (χ3v) is 12.3. The summed E-state index contributed by atoms with van der Waals surface area (Å²) in [6.45, 7) is 17.0. The fraction of sp³-hybridized carbons (Fsp3) is 0.569. The van der Waals surface area contributed by atoms with Crippen molar-refractivity contribution < 1.29 is 58.5 Å². The lowest BCUT2D eigenvalue weighted by Gasteiger charge is -2.29. The number of hydrogen-bond donors (Lipinski definition) is 11. The van der Waals surface area contributed by atoms with Crippen LogP contribution in [0.3, 0.4) is 0 Å². The summed E-state index contributed by atoms with van der Waals surface area (Å²) in [5.74, 6) is -13.1. The van der Waals surface area contributed by atoms with Crippen LogP contribution in [0.2, 0.25) is 0 Å². The maximum Gasteiger partial charge on any atom is 0.327 e. The summed E-state index contributed by atoms with van der Waals surface area (Å²) in [7, 11) is 1.22. The number of aliphatic imine (C=N–C) groups is 1. The molecule has 0 saturated carbocycles. The van der Waals surface area contributed by atoms with E-state index >= 15 is 0 Å². The Balaban J connectivity index is 2.76. The number of carbonyl (C=O) groups excluding carboxylic acids is 7. The average molecular weight is 1020 g/mol. The molecule has 3 unspecified atom stereocenters. The van der Waals surface area contributed by atoms with E-state index in [0.29, 0.717) is 12.0 Å². The molecular formula is C51H78N10O12. The number of hydrogen-bond acceptors (Lipinski definition) is 11. The number of amides is 7. The molecular weight excluding hydrogens is 945 g/mol. The zero-order valence-electron chi connectivity index (χ0n) is 43.5. The standard InChI is InChI=1S/C51H78N10O12/c1-27(2)23-38-47(68)59-39(24-28(3)4)48(69)60-42(50(72)73)32(8)44(65)56-36(17-14-22-54-51(52)53)46(67)55-35(19-18-29(5)25-30(6)40(62)26-34-15-12-11-13-16-34)31(7)43(64)57-37(49(70)71)20-21-41(63)61(10)33(9)45(66)58-38/h11-13,15-16,18-19,25,27-28,30-32,35-40,42,62H,9,14,17,20-24,26H2,1-8,10H3,(H,55,67)(H,56,65)(H,57,64)(H,58,66)(H,59,68)(H,60,69)(H,70,71)(H,72,73)(H4,52,53,54)/b19-18+,29-25+/t30-,31-,32-,35?,36?,37+,38+,39-,40-,42?/m0/s1. The zero-order chi connectivity index (χ0) is 55.3. The fourth-order valence-corrected chi connectivity index (χ4v) is 7.75. The molecule has 22 nitrogen and oxygen atoms in total. The summed E-state index contributed by atoms with van der Waals surface area (Å²) in [4.78, 5) is 127. The summed E-state index contributed by atoms with van der Waals surface area (Å²) in [5, 5.41) is 46.9. The first kappa shape index (κ1) is 62.0. The average Bonchev–Trinajstić information content (AvgIpc) is 3.31. The summed E-state index contributed by atoms with van der Waals surface area (Å²) in [6, 6.07) is 0.557. The smallest absolute Gasteiger partial charge is 0.327 e. The number of rotatable bonds is 16. The highest BCUT2D eigenvalue weighted by molar-refractivity contribution is 6.00. The Labute approximate surface area is 427 Å². The largest absolute Gasteiger partial charge is 0.480 e. The van der Waals surface area contributed by atoms with Gasteiger partial charge in [0, 0.05) is 25.9 Å². The van der Waals surface area contributed by atoms with Crippen LogP contribution in [0.5, 0.6) is 0 Å². The number of carboxylic acid groups (broad SMARTS) is 2. The van der Waals surface area contributed by atoms with Crippen molar-refractivity contribution in [3.8, 4) is 0 Å². The van der Waals surface area contributed by atoms with Crippen molar-refractivity contribution in [2.24, 2.45) is 46.0 Å². The number of nitrogens with zero attached hydrogens (tertiary/aromatic N) is 2. The van der Waals surface area contributed by atoms with Crippen molar-refractivity contribution in [1.29, 1.82) is 0 Å². The zero-order valence-corrected chi connectivity index (χ0v) is 43.5. The molecule has 0 spiro atoms. The molecule has 1 saturated heterocycles. The number of aliphatic hydroxyl groups is 1. The molecule has 13 N–H and O–H groups in total. The lowest BCUT2D eigenvalue weighted by atomic mass is 9.94. The summed E-state index contributed by atoms with van der Waals surface area (Å²) < 4.78 is 0. The van der Waals surface area contributed by atoms with Gasteiger partial charge in [-0.2, -0.15) is 0 Å². The quantitative estimate of drug-likeness (QED) is 0.0362. The van der Waals surface area contributed by atoms with Crippen LogP contribution in [0.25, 0.3) is 0 Å². The highest BCUT2D eigenvalue weighted by Crippen LogP contribution is 2.18. The number of allylic oxidation sites excluding steroid dienone is 2. The van der Waals surface area contributed by atoms with Gasteiger partial charge in [-0.15, -0.1) is 0 Å². The van der Waals surface area contributed by atoms with Crippen molar-refractivity contribution >= 4 is 59.2 Å². The van der Waals surface area contributed by atoms with Crippen LogP contribution in [0.4, 0.5) is 0 Å². The van der Waals surface area contributed by atoms with Gasteiger partial charge in [-0.25, -0.2) is 9.59 Å². The summed E-state index contributed by atoms with van der Waals surface area (Å²) in [5.41, 5.74) is 12.2. The SMILES string of the molecule is C=C1C(=O)N[C@H](CC(C)C)C(=O)N[C@@H](CC(C)C)C(=O)NC(C(=O)O)[C@H](C)C(=O)NC(CCCN=C(N)N)C(=O)NC(/C=C/C(C)=C/[C@H](C)[C@@H](O)Cc2ccccc2)[C@H](C)C(=O)N[C@@H](C(=O)O)CCC(=O)N1C. The van der Waals surface area contributed by atoms with Gasteiger partial charge in [-0.1, -0.05) is 109 Å². The van der Waals surface area contributed by atoms with Crippen LogP contribution in [0.15, 0.2) is 71.4 Å². The molecule has 10 atom stereocenters. The highest BCUT2D eigenvalue weighted by Gasteiger charge is 2.38. The second-order valence-electron chi connectivity index (χ2n) is 19.5. The van der Waals surface area contributed by atoms with Gasteiger partial charge in [0.2, 0.25) is 35.4 Å². The summed E-state index contributed by atoms with van der Waals surface area (Å²) >= 11 is 0. The number of carbonyl (C=O) groups is 9. The molecule has 0 bridgehead atoms. The van der Waals surface area contributed by atoms with Crippen molar-refractivity contribution in [3.05, 3.63) is 72.0 Å². The molecule has 7 amide bonds. The van der Waals surface area contributed by atoms with Gasteiger partial charge in [0.05, 0.1) is 24.0 Å². The minimum Gasteiger partial charge on any atom is -0.480 e. The van der Waals surface area contributed by atoms with Crippen LogP contribution in [0.1, 0.15) is 99.5 Å². The monoisotopic (exact) mass is 1020 g/mol. The minimum atomic E-state index is -1.90. The second-order valence-corrected chi connectivity index (χ2v) is 19.5. The first-order valence-corrected chi connectivity index (χ1v) is 24.5. The van der Waals surface area contributed by atoms with Gasteiger partial charge in [0.1, 0.15) is 35.9 Å². The van der Waals surface area contributed by atoms with E-state index in [1.807, 2.05) is 37.3 Å². The molecule has 1 heterocycles. The number of aliphatic hydroxyl groups excluding tert-OH is 1. The number of carboxylic acids is 2. The third kappa shape index (κ3) is 21.3. The van der Waals surface area contributed by atoms with Gasteiger partial charge in [0.15, 0.2) is 5.96 Å². The van der Waals surface area contributed by atoms with E-state index in [1.165, 1.54) is 27.0 Å². The predicted octanol–water partition coefficient (Wildman–Crippen LogP) is 0.991. The van der Waals surface area contributed by atoms with Crippen molar-refractivity contribution in [2.75, 3.05) is 13.6 Å². The van der Waals surface area contributed by atoms with Crippen LogP contribution in [0, 0.1) is 29.6 Å². The number of guanidine groups is 1. The van der Waals surface area contributed by atoms with E-state index in [-0.39, 0.29) is 55.9 Å². The molecule has 0 aromatic heterocycles. The number of likely N-dealkylation sites (N-methyl/N-ethyl adjacent to an activating group) is 1. The van der Waals surface area contributed by atoms with Crippen LogP contribution in [-0.2, 0) is 49.6 Å². The minimum absolute atomic E-state index is 0.00209. The van der Waals surface area contributed by atoms with Crippen LogP contribution in [-0.4, -0.2) is 135 Å². The molecule has 2 rings (SSSR count). The molecule has 404 valence electrons. The topological polar surface area (TPSA) is 354 Å². The molecule has 1 fully saturated rings. The Morgan fingerprint density at radius 2 is 1.33 bits per heavy atom. The molecule has 1 aromatic carbocycles. The molecule has 1 aromatic rings. The second kappa shape index (κ2) is 30.1. The Kier molecular flexibility index (Phi) is 25.5. The molecule has 73 heavy (non-hydrogen) atoms. The van der Waals surface area contributed by atoms with E-state index in [0.717, 1.165) is 10.5 Å². The van der Waals surface area contributed by atoms with Gasteiger partial charge in [0.25, 0.3) is 5.91 Å². The van der Waals surface area contributed by atoms with Gasteiger partial charge < -0.3 is 63.6 Å². The number of nitrogens with one attached hydrogen (secondary N) is 6. The third-order valence-electron chi connectivity index (χ3n) is 12.3. The highest BCUT2D eigenvalue weighted by atomic mass is 16.4. The summed E-state index contributed by atoms with van der Waals surface area (Å²) in [6.07, 6.45) is 3.58. The Morgan fingerprint density at radius 3 is 1.89 bits per heavy atom. The van der Waals surface area contributed by atoms with E-state index < -0.39 is 126 Å². The molecule has 1 aliphatic rings. The van der Waals surface area contributed by atoms with E-state index in [9.17, 15) is 58.5 Å². The van der Waals surface area contributed by atoms with Crippen molar-refractivity contribution in [3.63, 3.8) is 0 Å². The Hall–Kier alpha value is -7.10. The Morgan fingerprint density at radius 1 is 0.781 bits per heavy atom. The fourth-order valence-electron chi connectivity index (χ4n) is 7.75. The molecule has 0 radical (unpaired) electrons. The normalized spacial score (nSPS) is 25.0. The predicted molar refractivity (Wildman–Crippen MR) is 273 cm³/mol. The molecule has 1 aliphatic heterocycles. The first-order chi connectivity index (χ1) is 34.1. The van der Waals surface area contributed by atoms with Crippen molar-refractivity contribution in [2.45, 2.75) is 143 Å².